The molecule has 0 amide bonds. The fourth-order valence-corrected chi connectivity index (χ4v) is 2.40. The van der Waals surface area contributed by atoms with E-state index in [4.69, 9.17) is 14.7 Å². The number of aromatic carboxylic acids is 1. The van der Waals surface area contributed by atoms with Crippen LogP contribution in [0.4, 0.5) is 0 Å². The smallest absolute Gasteiger partial charge is 0.354 e. The molecule has 0 saturated carbocycles. The maximum absolute atomic E-state index is 11.5. The SMILES string of the molecule is N#Cc1cnn2c(C(=O)O)cc(-c3ccc4c(c3)OCO4)nc12. The van der Waals surface area contributed by atoms with Crippen LogP contribution in [0.1, 0.15) is 16.1 Å². The van der Waals surface area contributed by atoms with Crippen LogP contribution in [-0.4, -0.2) is 32.5 Å². The molecule has 2 aromatic heterocycles. The fraction of sp³-hybridized carbons (Fsp3) is 0.0667. The summed E-state index contributed by atoms with van der Waals surface area (Å²) in [6.45, 7) is 0.146. The quantitative estimate of drug-likeness (QED) is 0.767. The number of nitrogens with zero attached hydrogens (tertiary/aromatic N) is 4. The van der Waals surface area contributed by atoms with Crippen LogP contribution in [0, 0.1) is 11.3 Å². The van der Waals surface area contributed by atoms with E-state index in [1.165, 1.54) is 12.3 Å². The molecule has 0 radical (unpaired) electrons. The van der Waals surface area contributed by atoms with E-state index in [-0.39, 0.29) is 23.7 Å². The molecule has 1 aliphatic heterocycles. The molecule has 0 saturated heterocycles. The van der Waals surface area contributed by atoms with Gasteiger partial charge in [0.1, 0.15) is 11.6 Å². The van der Waals surface area contributed by atoms with Gasteiger partial charge in [-0.1, -0.05) is 0 Å². The number of benzene rings is 1. The number of carbonyl (C=O) groups is 1. The Kier molecular flexibility index (Phi) is 2.68. The first-order valence-corrected chi connectivity index (χ1v) is 6.59. The molecule has 0 spiro atoms. The van der Waals surface area contributed by atoms with Crippen molar-refractivity contribution in [1.29, 1.82) is 5.26 Å². The molecular weight excluding hydrogens is 300 g/mol. The van der Waals surface area contributed by atoms with Gasteiger partial charge in [0, 0.05) is 5.56 Å². The molecule has 0 fully saturated rings. The van der Waals surface area contributed by atoms with Gasteiger partial charge in [-0.2, -0.15) is 10.4 Å². The van der Waals surface area contributed by atoms with Crippen LogP contribution in [-0.2, 0) is 0 Å². The van der Waals surface area contributed by atoms with Crippen molar-refractivity contribution >= 4 is 11.6 Å². The average Bonchev–Trinajstić information content (AvgIpc) is 3.19. The van der Waals surface area contributed by atoms with E-state index in [1.807, 2.05) is 6.07 Å². The van der Waals surface area contributed by atoms with Crippen LogP contribution >= 0.6 is 0 Å². The molecular formula is C15H8N4O4. The molecule has 4 rings (SSSR count). The zero-order valence-corrected chi connectivity index (χ0v) is 11.6. The maximum Gasteiger partial charge on any atom is 0.354 e. The second-order valence-electron chi connectivity index (χ2n) is 4.81. The number of hydrogen-bond acceptors (Lipinski definition) is 6. The molecule has 8 heteroatoms. The van der Waals surface area contributed by atoms with Crippen molar-refractivity contribution in [3.8, 4) is 28.8 Å². The predicted molar refractivity (Wildman–Crippen MR) is 76.2 cm³/mol. The third kappa shape index (κ3) is 1.95. The summed E-state index contributed by atoms with van der Waals surface area (Å²) in [5, 5.41) is 22.4. The summed E-state index contributed by atoms with van der Waals surface area (Å²) < 4.78 is 11.7. The lowest BCUT2D eigenvalue weighted by Gasteiger charge is -2.06. The highest BCUT2D eigenvalue weighted by Crippen LogP contribution is 2.35. The van der Waals surface area contributed by atoms with Gasteiger partial charge in [0.15, 0.2) is 22.8 Å². The van der Waals surface area contributed by atoms with Gasteiger partial charge in [0.25, 0.3) is 0 Å². The number of carboxylic acid groups (broad SMARTS) is 1. The van der Waals surface area contributed by atoms with Crippen LogP contribution < -0.4 is 9.47 Å². The van der Waals surface area contributed by atoms with Gasteiger partial charge < -0.3 is 14.6 Å². The number of nitriles is 1. The summed E-state index contributed by atoms with van der Waals surface area (Å²) in [7, 11) is 0. The van der Waals surface area contributed by atoms with Gasteiger partial charge >= 0.3 is 5.97 Å². The maximum atomic E-state index is 11.5. The van der Waals surface area contributed by atoms with E-state index in [2.05, 4.69) is 10.1 Å². The highest BCUT2D eigenvalue weighted by molar-refractivity contribution is 5.88. The summed E-state index contributed by atoms with van der Waals surface area (Å²) in [6.07, 6.45) is 1.29. The van der Waals surface area contributed by atoms with E-state index in [0.717, 1.165) is 4.52 Å². The van der Waals surface area contributed by atoms with Crippen molar-refractivity contribution < 1.29 is 19.4 Å². The lowest BCUT2D eigenvalue weighted by Crippen LogP contribution is -2.08. The molecule has 0 atom stereocenters. The topological polar surface area (TPSA) is 110 Å². The lowest BCUT2D eigenvalue weighted by molar-refractivity contribution is 0.0687. The van der Waals surface area contributed by atoms with Gasteiger partial charge in [0.2, 0.25) is 6.79 Å². The highest BCUT2D eigenvalue weighted by atomic mass is 16.7. The van der Waals surface area contributed by atoms with E-state index in [0.29, 0.717) is 22.8 Å². The second kappa shape index (κ2) is 4.71. The summed E-state index contributed by atoms with van der Waals surface area (Å²) in [4.78, 5) is 15.8. The summed E-state index contributed by atoms with van der Waals surface area (Å²) >= 11 is 0. The minimum atomic E-state index is -1.16. The molecule has 0 aliphatic carbocycles. The number of hydrogen-bond donors (Lipinski definition) is 1. The van der Waals surface area contributed by atoms with E-state index in [9.17, 15) is 9.90 Å². The summed E-state index contributed by atoms with van der Waals surface area (Å²) in [6, 6.07) is 8.55. The van der Waals surface area contributed by atoms with Crippen LogP contribution in [0.2, 0.25) is 0 Å². The van der Waals surface area contributed by atoms with Crippen LogP contribution in [0.15, 0.2) is 30.5 Å². The first-order chi connectivity index (χ1) is 11.2. The van der Waals surface area contributed by atoms with E-state index >= 15 is 0 Å². The van der Waals surface area contributed by atoms with Crippen LogP contribution in [0.3, 0.4) is 0 Å². The van der Waals surface area contributed by atoms with Crippen molar-refractivity contribution in [3.05, 3.63) is 41.7 Å². The Balaban J connectivity index is 1.97. The minimum absolute atomic E-state index is 0.0795. The average molecular weight is 308 g/mol. The monoisotopic (exact) mass is 308 g/mol. The van der Waals surface area contributed by atoms with Crippen molar-refractivity contribution in [1.82, 2.24) is 14.6 Å². The number of fused-ring (bicyclic) bond motifs is 2. The third-order valence-corrected chi connectivity index (χ3v) is 3.48. The normalized spacial score (nSPS) is 12.3. The number of rotatable bonds is 2. The molecule has 8 nitrogen and oxygen atoms in total. The highest BCUT2D eigenvalue weighted by Gasteiger charge is 2.19. The van der Waals surface area contributed by atoms with Crippen LogP contribution in [0.5, 0.6) is 11.5 Å². The number of aromatic nitrogens is 3. The molecule has 3 aromatic rings. The van der Waals surface area contributed by atoms with Crippen molar-refractivity contribution in [2.45, 2.75) is 0 Å². The number of ether oxygens (including phenoxy) is 2. The van der Waals surface area contributed by atoms with E-state index in [1.54, 1.807) is 18.2 Å². The Hall–Kier alpha value is -3.60. The Labute approximate surface area is 129 Å². The van der Waals surface area contributed by atoms with Gasteiger partial charge in [-0.25, -0.2) is 14.3 Å². The summed E-state index contributed by atoms with van der Waals surface area (Å²) in [5.74, 6) is 0.0254. The molecule has 1 aliphatic rings. The molecule has 0 bridgehead atoms. The zero-order valence-electron chi connectivity index (χ0n) is 11.6. The fourth-order valence-electron chi connectivity index (χ4n) is 2.40. The Morgan fingerprint density at radius 1 is 1.30 bits per heavy atom. The minimum Gasteiger partial charge on any atom is -0.477 e. The molecule has 1 N–H and O–H groups in total. The van der Waals surface area contributed by atoms with Gasteiger partial charge in [-0.15, -0.1) is 0 Å². The van der Waals surface area contributed by atoms with E-state index < -0.39 is 5.97 Å². The number of carboxylic acids is 1. The zero-order chi connectivity index (χ0) is 16.0. The van der Waals surface area contributed by atoms with Crippen molar-refractivity contribution in [2.75, 3.05) is 6.79 Å². The Morgan fingerprint density at radius 3 is 2.91 bits per heavy atom. The second-order valence-corrected chi connectivity index (χ2v) is 4.81. The third-order valence-electron chi connectivity index (χ3n) is 3.48. The first-order valence-electron chi connectivity index (χ1n) is 6.59. The van der Waals surface area contributed by atoms with Crippen LogP contribution in [0.25, 0.3) is 16.9 Å². The van der Waals surface area contributed by atoms with Crippen molar-refractivity contribution in [2.24, 2.45) is 0 Å². The summed E-state index contributed by atoms with van der Waals surface area (Å²) in [5.41, 5.74) is 1.38. The molecule has 23 heavy (non-hydrogen) atoms. The van der Waals surface area contributed by atoms with Gasteiger partial charge in [-0.05, 0) is 24.3 Å². The molecule has 1 aromatic carbocycles. The Morgan fingerprint density at radius 2 is 2.13 bits per heavy atom. The van der Waals surface area contributed by atoms with Gasteiger partial charge in [0.05, 0.1) is 11.9 Å². The predicted octanol–water partition coefficient (Wildman–Crippen LogP) is 1.69. The molecule has 3 heterocycles. The van der Waals surface area contributed by atoms with Gasteiger partial charge in [-0.3, -0.25) is 0 Å². The Bertz CT molecular complexity index is 1000. The molecule has 0 unspecified atom stereocenters. The first kappa shape index (κ1) is 13.1. The lowest BCUT2D eigenvalue weighted by atomic mass is 10.1. The van der Waals surface area contributed by atoms with Crippen molar-refractivity contribution in [3.63, 3.8) is 0 Å². The molecule has 112 valence electrons. The largest absolute Gasteiger partial charge is 0.477 e. The standard InChI is InChI=1S/C15H8N4O4/c16-5-9-6-17-19-11(15(20)21)4-10(18-14(9)19)8-1-2-12-13(3-8)23-7-22-12/h1-4,6H,7H2,(H,20,21).